The van der Waals surface area contributed by atoms with Gasteiger partial charge in [-0.15, -0.1) is 0 Å². The average Bonchev–Trinajstić information content (AvgIpc) is 1.27. The van der Waals surface area contributed by atoms with Gasteiger partial charge in [-0.3, -0.25) is 0 Å². The fourth-order valence-electron chi connectivity index (χ4n) is 22.3. The first-order chi connectivity index (χ1) is 66.6. The molecule has 4 N–H and O–H groups in total. The first-order valence-corrected chi connectivity index (χ1v) is 58.3. The summed E-state index contributed by atoms with van der Waals surface area (Å²) in [6, 6.07) is 77.0. The summed E-state index contributed by atoms with van der Waals surface area (Å²) in [5.74, 6) is 0.636. The number of hydrogen-bond acceptors (Lipinski definition) is 12. The molecule has 0 saturated heterocycles. The van der Waals surface area contributed by atoms with Gasteiger partial charge in [-0.25, -0.2) is 18.3 Å². The smallest absolute Gasteiger partial charge is 0.413 e. The summed E-state index contributed by atoms with van der Waals surface area (Å²) in [5, 5.41) is 0.944. The maximum Gasteiger partial charge on any atom is 0.462 e. The van der Waals surface area contributed by atoms with E-state index in [9.17, 15) is 0 Å². The highest BCUT2D eigenvalue weighted by molar-refractivity contribution is 7.64. The molecule has 136 heavy (non-hydrogen) atoms. The van der Waals surface area contributed by atoms with Crippen LogP contribution in [0.15, 0.2) is 243 Å². The molecule has 20 heteroatoms. The topological polar surface area (TPSA) is 205 Å². The second-order valence-corrected chi connectivity index (χ2v) is 46.8. The number of unbranched alkanes of at least 4 members (excludes halogenated alkanes) is 36. The van der Waals surface area contributed by atoms with E-state index in [-0.39, 0.29) is 67.2 Å². The van der Waals surface area contributed by atoms with Gasteiger partial charge in [0.15, 0.2) is 0 Å². The number of benzene rings is 8. The Morgan fingerprint density at radius 2 is 0.324 bits per heavy atom. The summed E-state index contributed by atoms with van der Waals surface area (Å²) in [6.45, 7) is 9.10. The van der Waals surface area contributed by atoms with Crippen LogP contribution in [0.2, 0.25) is 0 Å². The molecule has 9 heterocycles. The van der Waals surface area contributed by atoms with Crippen molar-refractivity contribution in [2.24, 2.45) is 0 Å². The molecule has 16 nitrogen and oxygen atoms in total. The minimum Gasteiger partial charge on any atom is -0.413 e. The lowest BCUT2D eigenvalue weighted by atomic mass is 9.70. The largest absolute Gasteiger partial charge is 0.462 e. The Morgan fingerprint density at radius 1 is 0.184 bits per heavy atom. The van der Waals surface area contributed by atoms with E-state index < -0.39 is 52.0 Å². The van der Waals surface area contributed by atoms with E-state index in [1.807, 2.05) is 121 Å². The van der Waals surface area contributed by atoms with E-state index >= 15 is 18.3 Å². The lowest BCUT2D eigenvalue weighted by Gasteiger charge is -2.39. The first kappa shape index (κ1) is 97.8. The molecular weight excluding hydrogens is 1770 g/mol. The van der Waals surface area contributed by atoms with Crippen LogP contribution in [0.5, 0.6) is 46.0 Å². The number of aromatic amines is 4. The Bertz CT molecular complexity index is 5160. The van der Waals surface area contributed by atoms with Crippen molar-refractivity contribution in [1.82, 2.24) is 19.9 Å². The molecule has 720 valence electrons. The Morgan fingerprint density at radius 3 is 0.471 bits per heavy atom. The molecule has 0 fully saturated rings. The van der Waals surface area contributed by atoms with Crippen molar-refractivity contribution in [3.05, 3.63) is 310 Å². The van der Waals surface area contributed by atoms with E-state index in [1.54, 1.807) is 72.8 Å². The van der Waals surface area contributed by atoms with Crippen LogP contribution in [0.1, 0.15) is 378 Å². The zero-order chi connectivity index (χ0) is 93.7. The third kappa shape index (κ3) is 21.8. The molecule has 0 saturated carbocycles. The zero-order valence-corrected chi connectivity index (χ0v) is 84.5. The van der Waals surface area contributed by atoms with Gasteiger partial charge in [0.25, 0.3) is 0 Å². The number of fused-ring (bicyclic) bond motifs is 14. The molecule has 0 atom stereocenters. The van der Waals surface area contributed by atoms with Crippen molar-refractivity contribution in [2.75, 3.05) is 0 Å². The second-order valence-electron chi connectivity index (χ2n) is 39.3. The Kier molecular flexibility index (Phi) is 32.7. The number of nitrogens with one attached hydrogen (secondary N) is 4. The van der Waals surface area contributed by atoms with Crippen LogP contribution in [0.25, 0.3) is 0 Å². The van der Waals surface area contributed by atoms with Crippen LogP contribution in [0.4, 0.5) is 0 Å². The van der Waals surface area contributed by atoms with Crippen LogP contribution < -0.4 is 57.4 Å². The molecule has 17 rings (SSSR count). The average molecular weight is 1910 g/mol. The molecule has 24 bridgehead atoms. The van der Waals surface area contributed by atoms with Crippen molar-refractivity contribution in [1.29, 1.82) is 0 Å². The molecule has 0 amide bonds. The van der Waals surface area contributed by atoms with Gasteiger partial charge < -0.3 is 56.1 Å². The van der Waals surface area contributed by atoms with Gasteiger partial charge in [0.1, 0.15) is 46.0 Å². The van der Waals surface area contributed by atoms with Gasteiger partial charge in [0, 0.05) is 69.8 Å². The predicted octanol–water partition coefficient (Wildman–Crippen LogP) is 33.1. The fraction of sp³-hybridized carbons (Fsp3) is 0.448. The molecular formula is C116H144N4O12P4. The zero-order valence-electron chi connectivity index (χ0n) is 80.9. The monoisotopic (exact) mass is 1910 g/mol. The molecule has 0 aliphatic carbocycles. The van der Waals surface area contributed by atoms with Gasteiger partial charge in [0.2, 0.25) is 0 Å². The number of hydrogen-bond donors (Lipinski definition) is 4. The first-order valence-electron chi connectivity index (χ1n) is 52.2. The minimum absolute atomic E-state index is 0.0794. The summed E-state index contributed by atoms with van der Waals surface area (Å²) in [5.41, 5.74) is 4.50. The number of H-pyrrole nitrogens is 4. The summed E-state index contributed by atoms with van der Waals surface area (Å²) in [6.07, 6.45) is 46.0. The highest BCUT2D eigenvalue weighted by Crippen LogP contribution is 2.62. The predicted molar refractivity (Wildman–Crippen MR) is 554 cm³/mol. The van der Waals surface area contributed by atoms with Crippen LogP contribution in [-0.4, -0.2) is 19.9 Å². The van der Waals surface area contributed by atoms with Crippen molar-refractivity contribution >= 4 is 51.6 Å². The molecule has 0 spiro atoms. The fourth-order valence-corrected chi connectivity index (χ4v) is 28.5. The number of aromatic nitrogens is 4. The minimum atomic E-state index is -4.82. The summed E-state index contributed by atoms with van der Waals surface area (Å²) >= 11 is 0. The highest BCUT2D eigenvalue weighted by Gasteiger charge is 2.52. The maximum atomic E-state index is 17.8. The summed E-state index contributed by atoms with van der Waals surface area (Å²) < 4.78 is 131. The van der Waals surface area contributed by atoms with Crippen LogP contribution >= 0.6 is 30.4 Å². The van der Waals surface area contributed by atoms with E-state index in [0.29, 0.717) is 47.9 Å². The maximum absolute atomic E-state index is 17.8. The molecule has 0 unspecified atom stereocenters. The highest BCUT2D eigenvalue weighted by atomic mass is 31.2. The quantitative estimate of drug-likeness (QED) is 0.0208. The normalized spacial score (nSPS) is 22.0. The third-order valence-electron chi connectivity index (χ3n) is 29.6. The van der Waals surface area contributed by atoms with E-state index in [1.165, 1.54) is 128 Å². The number of rotatable bonds is 48. The molecule has 4 aromatic heterocycles. The molecule has 0 radical (unpaired) electrons. The molecule has 8 aromatic carbocycles. The molecule has 5 aliphatic heterocycles. The van der Waals surface area contributed by atoms with Crippen molar-refractivity contribution in [3.8, 4) is 46.0 Å². The van der Waals surface area contributed by atoms with E-state index in [0.717, 1.165) is 174 Å². The Hall–Kier alpha value is -9.80. The Balaban J connectivity index is 1.03. The van der Waals surface area contributed by atoms with Gasteiger partial charge in [-0.05, 0) is 194 Å². The van der Waals surface area contributed by atoms with Gasteiger partial charge in [-0.1, -0.05) is 357 Å². The molecule has 12 aromatic rings. The standard InChI is InChI=1S/C116H144N4O12P4/c1-5-9-13-17-21-25-29-33-37-53-73-113-89-77-93-85-94(78-89)126-134(122,102-59-47-42-48-60-102)128-96-80-91-82-98(87-96)130-136(124,104-63-51-44-52-64-104)132-100-84-92-83-99(88-100)131-135(123,103-61-49-43-50-62-103)129-97-81-90(79-95(86-97)127-133(121,125-93)101-57-45-41-46-58-101)114(107-67-65-105(113)117-107,74-54-38-34-30-26-22-18-14-10-6-2)109-69-71-111(119-109)116(92,76-56-40-36-32-28-24-20-16-12-8-4)112-72-70-110(120-112)115(91,108-68-66-106(113)118-108)75-55-39-35-31-27-23-19-15-11-7-3/h41-52,57-72,77-88,117-120H,5-40,53-56,73-76H2,1-4H3/t113-,114+,115-,116+,133?,134?,135?,136?. The summed E-state index contributed by atoms with van der Waals surface area (Å²) in [7, 11) is -19.3. The van der Waals surface area contributed by atoms with E-state index in [2.05, 4.69) is 96.2 Å². The second kappa shape index (κ2) is 45.4. The van der Waals surface area contributed by atoms with Crippen molar-refractivity contribution in [2.45, 2.75) is 332 Å². The van der Waals surface area contributed by atoms with Crippen LogP contribution in [0, 0.1) is 0 Å². The van der Waals surface area contributed by atoms with Crippen molar-refractivity contribution < 1.29 is 54.5 Å². The van der Waals surface area contributed by atoms with E-state index in [4.69, 9.17) is 36.2 Å². The van der Waals surface area contributed by atoms with Gasteiger partial charge in [-0.2, -0.15) is 0 Å². The summed E-state index contributed by atoms with van der Waals surface area (Å²) in [4.78, 5) is 17.9. The van der Waals surface area contributed by atoms with Crippen molar-refractivity contribution in [3.63, 3.8) is 0 Å². The lowest BCUT2D eigenvalue weighted by Crippen LogP contribution is -2.36. The van der Waals surface area contributed by atoms with Gasteiger partial charge >= 0.3 is 30.4 Å². The molecule has 5 aliphatic rings. The SMILES string of the molecule is CCCCCCCCCCCC[C@]12c3cc4cc(c3)OP(=O)(c3ccccc3)Oc3cc5cc(c3)[C@](CCCCCCCCCCCC)(c3ccc([nH]3)[C@]3(CCCCCCCCCCCC)c6cc(cc(c6)OP(=O)(c6ccccc6)O5)OP(=O)(c5ccccc5)Oc5cc(cc(c5)[C@](CCCCCCCCCCCC)(c5ccc1[nH]5)c1ccc3[nH]1)OP(=O)(c1ccccc1)O4)c1ccc2[nH]1. The van der Waals surface area contributed by atoms with Crippen LogP contribution in [-0.2, 0) is 39.9 Å². The third-order valence-corrected chi connectivity index (χ3v) is 37.0. The Labute approximate surface area is 809 Å². The van der Waals surface area contributed by atoms with Crippen LogP contribution in [0.3, 0.4) is 0 Å². The lowest BCUT2D eigenvalue weighted by molar-refractivity contribution is 0.384. The van der Waals surface area contributed by atoms with Gasteiger partial charge in [0.05, 0.1) is 42.9 Å².